The number of rotatable bonds is 11. The van der Waals surface area contributed by atoms with Gasteiger partial charge in [-0.1, -0.05) is 0 Å². The summed E-state index contributed by atoms with van der Waals surface area (Å²) in [7, 11) is -20.0. The van der Waals surface area contributed by atoms with Gasteiger partial charge in [0.05, 0.1) is 25.1 Å². The summed E-state index contributed by atoms with van der Waals surface area (Å²) in [5.74, 6) is 0. The number of hydrogen-bond donors (Lipinski definition) is 4. The summed E-state index contributed by atoms with van der Waals surface area (Å²) in [6.07, 6.45) is -4.90. The normalized spacial score (nSPS) is 19.4. The van der Waals surface area contributed by atoms with Crippen LogP contribution in [-0.4, -0.2) is 67.6 Å². The Balaban J connectivity index is -0.000000441. The van der Waals surface area contributed by atoms with Gasteiger partial charge < -0.3 is 57.4 Å². The molecule has 0 aliphatic carbocycles. The van der Waals surface area contributed by atoms with Crippen molar-refractivity contribution in [2.75, 3.05) is 38.2 Å². The Hall–Kier alpha value is 4.52. The average Bonchev–Trinajstić information content (AvgIpc) is 2.16. The molecular formula is C6H16N2Na4O12P4. The molecule has 0 aliphatic rings. The molecule has 146 valence electrons. The van der Waals surface area contributed by atoms with Crippen LogP contribution in [0.5, 0.6) is 0 Å². The first kappa shape index (κ1) is 42.7. The SMILES string of the molecule is O=P([O-])(O)CN(CCN(CP(=O)([O-])O)CP(=O)([O-])O)CP(=O)([O-])O.[Na+].[Na+].[Na+].[Na+]. The zero-order valence-corrected chi connectivity index (χ0v) is 27.6. The fourth-order valence-corrected chi connectivity index (χ4v) is 4.97. The maximum atomic E-state index is 10.8. The molecule has 0 spiro atoms. The van der Waals surface area contributed by atoms with Crippen molar-refractivity contribution >= 4 is 30.4 Å². The summed E-state index contributed by atoms with van der Waals surface area (Å²) in [5.41, 5.74) is 0. The van der Waals surface area contributed by atoms with Crippen LogP contribution in [0.25, 0.3) is 0 Å². The van der Waals surface area contributed by atoms with Gasteiger partial charge in [-0.15, -0.1) is 0 Å². The summed E-state index contributed by atoms with van der Waals surface area (Å²) in [5, 5.41) is 0. The van der Waals surface area contributed by atoms with Crippen LogP contribution in [-0.2, 0) is 18.3 Å². The van der Waals surface area contributed by atoms with E-state index in [0.29, 0.717) is 9.80 Å². The van der Waals surface area contributed by atoms with E-state index >= 15 is 0 Å². The van der Waals surface area contributed by atoms with Crippen LogP contribution in [0.3, 0.4) is 0 Å². The number of nitrogens with zero attached hydrogens (tertiary/aromatic N) is 2. The topological polar surface area (TPSA) is 248 Å². The van der Waals surface area contributed by atoms with Crippen molar-refractivity contribution in [1.82, 2.24) is 9.80 Å². The van der Waals surface area contributed by atoms with Gasteiger partial charge >= 0.3 is 118 Å². The van der Waals surface area contributed by atoms with Gasteiger partial charge in [0.1, 0.15) is 30.4 Å². The van der Waals surface area contributed by atoms with Crippen molar-refractivity contribution in [2.45, 2.75) is 0 Å². The van der Waals surface area contributed by atoms with Crippen LogP contribution >= 0.6 is 30.4 Å². The van der Waals surface area contributed by atoms with Crippen LogP contribution in [0.2, 0.25) is 0 Å². The first-order valence-corrected chi connectivity index (χ1v) is 13.0. The van der Waals surface area contributed by atoms with E-state index in [2.05, 4.69) is 0 Å². The third-order valence-corrected chi connectivity index (χ3v) is 5.28. The molecule has 14 nitrogen and oxygen atoms in total. The van der Waals surface area contributed by atoms with Gasteiger partial charge in [0.2, 0.25) is 0 Å². The molecule has 4 atom stereocenters. The van der Waals surface area contributed by atoms with Crippen molar-refractivity contribution in [1.29, 1.82) is 0 Å². The minimum atomic E-state index is -5.00. The van der Waals surface area contributed by atoms with E-state index in [9.17, 15) is 37.8 Å². The van der Waals surface area contributed by atoms with Gasteiger partial charge in [-0.25, -0.2) is 0 Å². The summed E-state index contributed by atoms with van der Waals surface area (Å²) in [6, 6.07) is 0. The standard InChI is InChI=1S/C6H20N2O12P4.4Na/c9-21(10,11)3-7(4-22(12,13)14)1-2-8(5-23(15,16)17)6-24(18,19)20;;;;/h1-6H2,(H2,9,10,11)(H2,12,13,14)(H2,15,16,17)(H2,18,19,20);;;;/q;4*+1/p-4. The molecule has 4 N–H and O–H groups in total. The Morgan fingerprint density at radius 2 is 0.643 bits per heavy atom. The van der Waals surface area contributed by atoms with Crippen molar-refractivity contribution in [3.63, 3.8) is 0 Å². The molecule has 0 aromatic carbocycles. The molecule has 0 aromatic heterocycles. The number of hydrogen-bond acceptors (Lipinski definition) is 10. The molecule has 0 heterocycles. The first-order chi connectivity index (χ1) is 10.4. The third-order valence-electron chi connectivity index (χ3n) is 2.25. The van der Waals surface area contributed by atoms with Crippen LogP contribution in [0.15, 0.2) is 0 Å². The second kappa shape index (κ2) is 17.9. The summed E-state index contributed by atoms with van der Waals surface area (Å²) < 4.78 is 43.3. The van der Waals surface area contributed by atoms with E-state index in [4.69, 9.17) is 19.6 Å². The second-order valence-corrected chi connectivity index (χ2v) is 11.1. The molecule has 0 saturated heterocycles. The predicted octanol–water partition coefficient (Wildman–Crippen LogP) is -16.4. The van der Waals surface area contributed by atoms with E-state index in [1.54, 1.807) is 0 Å². The maximum absolute atomic E-state index is 10.8. The monoisotopic (exact) mass is 524 g/mol. The fraction of sp³-hybridized carbons (Fsp3) is 1.00. The molecule has 4 unspecified atom stereocenters. The Bertz CT molecular complexity index is 503. The van der Waals surface area contributed by atoms with Gasteiger partial charge in [0.15, 0.2) is 0 Å². The van der Waals surface area contributed by atoms with Gasteiger partial charge in [0.25, 0.3) is 0 Å². The van der Waals surface area contributed by atoms with E-state index in [1.165, 1.54) is 0 Å². The van der Waals surface area contributed by atoms with Gasteiger partial charge in [-0.2, -0.15) is 0 Å². The van der Waals surface area contributed by atoms with Crippen molar-refractivity contribution < 1.29 is 176 Å². The summed E-state index contributed by atoms with van der Waals surface area (Å²) >= 11 is 0. The summed E-state index contributed by atoms with van der Waals surface area (Å²) in [4.78, 5) is 79.1. The van der Waals surface area contributed by atoms with E-state index in [0.717, 1.165) is 0 Å². The largest absolute Gasteiger partial charge is 1.00 e. The molecule has 0 radical (unpaired) electrons. The molecule has 0 aliphatic heterocycles. The molecule has 0 aromatic rings. The smallest absolute Gasteiger partial charge is 0.778 e. The average molecular weight is 524 g/mol. The zero-order valence-electron chi connectivity index (χ0n) is 16.0. The van der Waals surface area contributed by atoms with Gasteiger partial charge in [-0.3, -0.25) is 9.80 Å². The molecular weight excluding hydrogens is 508 g/mol. The molecule has 0 bridgehead atoms. The Morgan fingerprint density at radius 1 is 0.500 bits per heavy atom. The van der Waals surface area contributed by atoms with E-state index in [-0.39, 0.29) is 118 Å². The van der Waals surface area contributed by atoms with E-state index in [1.807, 2.05) is 0 Å². The quantitative estimate of drug-likeness (QED) is 0.145. The fourth-order valence-electron chi connectivity index (χ4n) is 1.67. The maximum Gasteiger partial charge on any atom is 1.00 e. The summed E-state index contributed by atoms with van der Waals surface area (Å²) in [6.45, 7) is -1.28. The molecule has 28 heavy (non-hydrogen) atoms. The Labute approximate surface area is 250 Å². The minimum absolute atomic E-state index is 0. The first-order valence-electron chi connectivity index (χ1n) is 5.92. The molecule has 0 fully saturated rings. The predicted molar refractivity (Wildman–Crippen MR) is 72.2 cm³/mol. The Morgan fingerprint density at radius 3 is 0.750 bits per heavy atom. The van der Waals surface area contributed by atoms with Crippen molar-refractivity contribution in [3.8, 4) is 0 Å². The third kappa shape index (κ3) is 30.5. The molecule has 22 heteroatoms. The van der Waals surface area contributed by atoms with Crippen LogP contribution in [0.4, 0.5) is 0 Å². The van der Waals surface area contributed by atoms with Gasteiger partial charge in [-0.05, 0) is 0 Å². The van der Waals surface area contributed by atoms with Crippen LogP contribution < -0.4 is 138 Å². The van der Waals surface area contributed by atoms with E-state index < -0.39 is 68.6 Å². The van der Waals surface area contributed by atoms with Crippen LogP contribution in [0, 0.1) is 0 Å². The van der Waals surface area contributed by atoms with Gasteiger partial charge in [0, 0.05) is 13.1 Å². The minimum Gasteiger partial charge on any atom is -0.778 e. The molecule has 0 saturated carbocycles. The molecule has 0 amide bonds. The van der Waals surface area contributed by atoms with Crippen LogP contribution in [0.1, 0.15) is 0 Å². The van der Waals surface area contributed by atoms with Crippen molar-refractivity contribution in [3.05, 3.63) is 0 Å². The zero-order chi connectivity index (χ0) is 19.4. The van der Waals surface area contributed by atoms with Crippen molar-refractivity contribution in [2.24, 2.45) is 0 Å². The second-order valence-electron chi connectivity index (χ2n) is 4.90. The molecule has 0 rings (SSSR count). The Kier molecular flexibility index (Phi) is 27.2.